The van der Waals surface area contributed by atoms with Crippen LogP contribution >= 0.6 is 0 Å². The predicted octanol–water partition coefficient (Wildman–Crippen LogP) is 0.886. The molecule has 0 spiro atoms. The molecule has 0 aliphatic rings. The molecule has 1 atom stereocenters. The first-order valence-electron chi connectivity index (χ1n) is 5.75. The molecule has 0 fully saturated rings. The Morgan fingerprint density at radius 2 is 1.84 bits per heavy atom. The number of hydrogen-bond donors (Lipinski definition) is 3. The van der Waals surface area contributed by atoms with Crippen LogP contribution < -0.4 is 0 Å². The average molecular weight is 274 g/mol. The van der Waals surface area contributed by atoms with E-state index >= 15 is 0 Å². The van der Waals surface area contributed by atoms with E-state index < -0.39 is 18.0 Å². The van der Waals surface area contributed by atoms with Crippen molar-refractivity contribution in [3.8, 4) is 0 Å². The number of hydrogen-bond acceptors (Lipinski definition) is 5. The van der Waals surface area contributed by atoms with E-state index in [1.165, 1.54) is 0 Å². The lowest BCUT2D eigenvalue weighted by atomic mass is 10.2. The Morgan fingerprint density at radius 3 is 2.16 bits per heavy atom. The van der Waals surface area contributed by atoms with Crippen molar-refractivity contribution in [2.24, 2.45) is 0 Å². The SMILES string of the molecule is C=C(C)C(=O)OCC(C)O.C=C(CCCO)C(=O)O. The molecule has 0 saturated carbocycles. The first kappa shape index (κ1) is 19.7. The van der Waals surface area contributed by atoms with E-state index in [0.29, 0.717) is 18.4 Å². The lowest BCUT2D eigenvalue weighted by Gasteiger charge is -2.04. The maximum Gasteiger partial charge on any atom is 0.333 e. The Bertz CT molecular complexity index is 319. The number of carboxylic acids is 1. The molecule has 0 aromatic carbocycles. The van der Waals surface area contributed by atoms with Gasteiger partial charge in [-0.3, -0.25) is 0 Å². The first-order valence-corrected chi connectivity index (χ1v) is 5.75. The van der Waals surface area contributed by atoms with Gasteiger partial charge in [-0.1, -0.05) is 13.2 Å². The number of aliphatic hydroxyl groups excluding tert-OH is 2. The zero-order chi connectivity index (χ0) is 15.4. The number of carbonyl (C=O) groups is 2. The van der Waals surface area contributed by atoms with Gasteiger partial charge in [-0.25, -0.2) is 9.59 Å². The van der Waals surface area contributed by atoms with Crippen LogP contribution in [0.1, 0.15) is 26.7 Å². The van der Waals surface area contributed by atoms with Crippen molar-refractivity contribution in [1.82, 2.24) is 0 Å². The number of aliphatic hydroxyl groups is 2. The molecule has 0 heterocycles. The van der Waals surface area contributed by atoms with E-state index in [1.54, 1.807) is 13.8 Å². The molecule has 110 valence electrons. The zero-order valence-corrected chi connectivity index (χ0v) is 11.4. The summed E-state index contributed by atoms with van der Waals surface area (Å²) in [5, 5.41) is 25.2. The Labute approximate surface area is 113 Å². The van der Waals surface area contributed by atoms with E-state index in [0.717, 1.165) is 0 Å². The van der Waals surface area contributed by atoms with Gasteiger partial charge < -0.3 is 20.1 Å². The van der Waals surface area contributed by atoms with Crippen LogP contribution in [-0.4, -0.2) is 46.6 Å². The van der Waals surface area contributed by atoms with Crippen LogP contribution in [-0.2, 0) is 14.3 Å². The minimum absolute atomic E-state index is 0.0201. The van der Waals surface area contributed by atoms with Crippen molar-refractivity contribution >= 4 is 11.9 Å². The first-order chi connectivity index (χ1) is 8.72. The second kappa shape index (κ2) is 11.4. The lowest BCUT2D eigenvalue weighted by molar-refractivity contribution is -0.141. The van der Waals surface area contributed by atoms with E-state index in [9.17, 15) is 9.59 Å². The molecule has 0 aromatic heterocycles. The lowest BCUT2D eigenvalue weighted by Crippen LogP contribution is -2.15. The van der Waals surface area contributed by atoms with Gasteiger partial charge >= 0.3 is 11.9 Å². The molecule has 19 heavy (non-hydrogen) atoms. The van der Waals surface area contributed by atoms with Crippen LogP contribution in [0.3, 0.4) is 0 Å². The van der Waals surface area contributed by atoms with E-state index in [1.807, 2.05) is 0 Å². The summed E-state index contributed by atoms with van der Waals surface area (Å²) in [7, 11) is 0. The predicted molar refractivity (Wildman–Crippen MR) is 70.5 cm³/mol. The van der Waals surface area contributed by atoms with Crippen molar-refractivity contribution in [2.45, 2.75) is 32.8 Å². The Morgan fingerprint density at radius 1 is 1.32 bits per heavy atom. The molecule has 0 radical (unpaired) electrons. The van der Waals surface area contributed by atoms with Gasteiger partial charge in [0, 0.05) is 17.8 Å². The van der Waals surface area contributed by atoms with Crippen LogP contribution in [0.4, 0.5) is 0 Å². The summed E-state index contributed by atoms with van der Waals surface area (Å²) in [6.45, 7) is 9.82. The second-order valence-electron chi connectivity index (χ2n) is 3.96. The third-order valence-electron chi connectivity index (χ3n) is 1.74. The number of rotatable bonds is 7. The molecular formula is C13H22O6. The average Bonchev–Trinajstić information content (AvgIpc) is 2.33. The van der Waals surface area contributed by atoms with Gasteiger partial charge in [0.1, 0.15) is 6.61 Å². The highest BCUT2D eigenvalue weighted by Gasteiger charge is 2.04. The maximum atomic E-state index is 10.6. The summed E-state index contributed by atoms with van der Waals surface area (Å²) in [5.74, 6) is -1.44. The smallest absolute Gasteiger partial charge is 0.333 e. The second-order valence-corrected chi connectivity index (χ2v) is 3.96. The highest BCUT2D eigenvalue weighted by Crippen LogP contribution is 2.00. The van der Waals surface area contributed by atoms with Crippen molar-refractivity contribution in [3.63, 3.8) is 0 Å². The fourth-order valence-electron chi connectivity index (χ4n) is 0.719. The van der Waals surface area contributed by atoms with Gasteiger partial charge in [0.15, 0.2) is 0 Å². The molecule has 0 saturated heterocycles. The molecule has 0 bridgehead atoms. The van der Waals surface area contributed by atoms with Gasteiger partial charge in [-0.2, -0.15) is 0 Å². The Hall–Kier alpha value is -1.66. The minimum atomic E-state index is -0.983. The zero-order valence-electron chi connectivity index (χ0n) is 11.4. The molecule has 3 N–H and O–H groups in total. The molecule has 0 aromatic rings. The summed E-state index contributed by atoms with van der Waals surface area (Å²) in [5.41, 5.74) is 0.504. The van der Waals surface area contributed by atoms with Crippen LogP contribution in [0.5, 0.6) is 0 Å². The van der Waals surface area contributed by atoms with Gasteiger partial charge in [0.25, 0.3) is 0 Å². The van der Waals surface area contributed by atoms with E-state index in [4.69, 9.17) is 15.3 Å². The van der Waals surface area contributed by atoms with E-state index in [-0.39, 0.29) is 18.8 Å². The fourth-order valence-corrected chi connectivity index (χ4v) is 0.719. The molecule has 1 unspecified atom stereocenters. The molecule has 0 aliphatic heterocycles. The molecule has 6 heteroatoms. The topological polar surface area (TPSA) is 104 Å². The van der Waals surface area contributed by atoms with Gasteiger partial charge in [-0.05, 0) is 26.7 Å². The summed E-state index contributed by atoms with van der Waals surface area (Å²) in [4.78, 5) is 20.6. The summed E-state index contributed by atoms with van der Waals surface area (Å²) < 4.78 is 4.58. The Kier molecular flexibility index (Phi) is 11.8. The highest BCUT2D eigenvalue weighted by molar-refractivity contribution is 5.87. The molecule has 0 aliphatic carbocycles. The number of esters is 1. The van der Waals surface area contributed by atoms with Gasteiger partial charge in [0.2, 0.25) is 0 Å². The van der Waals surface area contributed by atoms with Crippen molar-refractivity contribution in [1.29, 1.82) is 0 Å². The van der Waals surface area contributed by atoms with Gasteiger partial charge in [0.05, 0.1) is 6.10 Å². The van der Waals surface area contributed by atoms with Crippen LogP contribution in [0, 0.1) is 0 Å². The summed E-state index contributed by atoms with van der Waals surface area (Å²) in [6.07, 6.45) is 0.236. The largest absolute Gasteiger partial charge is 0.478 e. The molecule has 0 rings (SSSR count). The van der Waals surface area contributed by atoms with Gasteiger partial charge in [-0.15, -0.1) is 0 Å². The monoisotopic (exact) mass is 274 g/mol. The summed E-state index contributed by atoms with van der Waals surface area (Å²) >= 11 is 0. The Balaban J connectivity index is 0. The molecular weight excluding hydrogens is 252 g/mol. The number of carbonyl (C=O) groups excluding carboxylic acids is 1. The maximum absolute atomic E-state index is 10.6. The third kappa shape index (κ3) is 14.3. The van der Waals surface area contributed by atoms with Crippen molar-refractivity contribution in [2.75, 3.05) is 13.2 Å². The highest BCUT2D eigenvalue weighted by atomic mass is 16.5. The third-order valence-corrected chi connectivity index (χ3v) is 1.74. The number of carboxylic acid groups (broad SMARTS) is 1. The fraction of sp³-hybridized carbons (Fsp3) is 0.538. The standard InChI is InChI=1S/C7H12O3.C6H10O3/c1-5(2)7(9)10-4-6(3)8;1-5(6(8)9)3-2-4-7/h6,8H,1,4H2,2-3H3;7H,1-4H2,(H,8,9). The number of aliphatic carboxylic acids is 1. The van der Waals surface area contributed by atoms with Crippen molar-refractivity contribution in [3.05, 3.63) is 24.3 Å². The minimum Gasteiger partial charge on any atom is -0.478 e. The van der Waals surface area contributed by atoms with Crippen molar-refractivity contribution < 1.29 is 29.6 Å². The number of ether oxygens (including phenoxy) is 1. The van der Waals surface area contributed by atoms with Crippen LogP contribution in [0.15, 0.2) is 24.3 Å². The quantitative estimate of drug-likeness (QED) is 0.470. The van der Waals surface area contributed by atoms with Crippen LogP contribution in [0.2, 0.25) is 0 Å². The molecule has 6 nitrogen and oxygen atoms in total. The van der Waals surface area contributed by atoms with E-state index in [2.05, 4.69) is 17.9 Å². The molecule has 0 amide bonds. The normalized spacial score (nSPS) is 10.7. The van der Waals surface area contributed by atoms with Crippen LogP contribution in [0.25, 0.3) is 0 Å². The summed E-state index contributed by atoms with van der Waals surface area (Å²) in [6, 6.07) is 0.